The van der Waals surface area contributed by atoms with Crippen molar-refractivity contribution in [3.05, 3.63) is 66.2 Å². The van der Waals surface area contributed by atoms with Gasteiger partial charge in [0.1, 0.15) is 0 Å². The first-order chi connectivity index (χ1) is 10.6. The van der Waals surface area contributed by atoms with Gasteiger partial charge in [0.2, 0.25) is 5.91 Å². The summed E-state index contributed by atoms with van der Waals surface area (Å²) in [7, 11) is 0. The molecular weight excluding hydrogens is 272 g/mol. The van der Waals surface area contributed by atoms with Gasteiger partial charge in [0.05, 0.1) is 17.9 Å². The summed E-state index contributed by atoms with van der Waals surface area (Å²) in [4.78, 5) is 14.8. The van der Waals surface area contributed by atoms with E-state index in [1.807, 2.05) is 74.5 Å². The third-order valence-corrected chi connectivity index (χ3v) is 3.79. The van der Waals surface area contributed by atoms with Gasteiger partial charge >= 0.3 is 0 Å². The fraction of sp³-hybridized carbons (Fsp3) is 0.263. The van der Waals surface area contributed by atoms with E-state index in [9.17, 15) is 4.79 Å². The summed E-state index contributed by atoms with van der Waals surface area (Å²) < 4.78 is 0. The SMILES string of the molecule is CC(C)(C(=O)N(CCC#N)c1ccccc1)c1ccccc1. The summed E-state index contributed by atoms with van der Waals surface area (Å²) in [6.45, 7) is 4.25. The Morgan fingerprint density at radius 3 is 2.14 bits per heavy atom. The Labute approximate surface area is 131 Å². The molecule has 2 aromatic carbocycles. The molecule has 0 N–H and O–H groups in total. The number of benzene rings is 2. The van der Waals surface area contributed by atoms with Crippen LogP contribution in [0.4, 0.5) is 5.69 Å². The standard InChI is InChI=1S/C19H20N2O/c1-19(2,16-10-5-3-6-11-16)18(22)21(15-9-14-20)17-12-7-4-8-13-17/h3-8,10-13H,9,15H2,1-2H3. The van der Waals surface area contributed by atoms with Crippen LogP contribution < -0.4 is 4.90 Å². The number of hydrogen-bond donors (Lipinski definition) is 0. The third-order valence-electron chi connectivity index (χ3n) is 3.79. The van der Waals surface area contributed by atoms with Crippen LogP contribution in [0, 0.1) is 11.3 Å². The molecular formula is C19H20N2O. The quantitative estimate of drug-likeness (QED) is 0.838. The summed E-state index contributed by atoms with van der Waals surface area (Å²) in [5.74, 6) is 0.000139. The molecule has 0 unspecified atom stereocenters. The lowest BCUT2D eigenvalue weighted by Crippen LogP contribution is -2.44. The number of rotatable bonds is 5. The van der Waals surface area contributed by atoms with Crippen molar-refractivity contribution >= 4 is 11.6 Å². The minimum atomic E-state index is -0.646. The van der Waals surface area contributed by atoms with E-state index in [1.54, 1.807) is 4.90 Å². The molecule has 3 nitrogen and oxygen atoms in total. The van der Waals surface area contributed by atoms with Gasteiger partial charge in [-0.2, -0.15) is 5.26 Å². The first-order valence-corrected chi connectivity index (χ1v) is 7.37. The van der Waals surface area contributed by atoms with Crippen molar-refractivity contribution in [2.45, 2.75) is 25.7 Å². The maximum absolute atomic E-state index is 13.1. The largest absolute Gasteiger partial charge is 0.311 e. The lowest BCUT2D eigenvalue weighted by molar-refractivity contribution is -0.123. The number of nitrogens with zero attached hydrogens (tertiary/aromatic N) is 2. The molecule has 2 rings (SSSR count). The van der Waals surface area contributed by atoms with Gasteiger partial charge in [-0.15, -0.1) is 0 Å². The molecule has 112 valence electrons. The normalized spacial score (nSPS) is 10.8. The molecule has 0 saturated carbocycles. The van der Waals surface area contributed by atoms with Gasteiger partial charge in [-0.05, 0) is 31.5 Å². The smallest absolute Gasteiger partial charge is 0.237 e. The monoisotopic (exact) mass is 292 g/mol. The molecule has 0 aliphatic rings. The Morgan fingerprint density at radius 2 is 1.59 bits per heavy atom. The Balaban J connectivity index is 2.35. The maximum atomic E-state index is 13.1. The highest BCUT2D eigenvalue weighted by Gasteiger charge is 2.34. The minimum absolute atomic E-state index is 0.000139. The molecule has 0 heterocycles. The number of carbonyl (C=O) groups excluding carboxylic acids is 1. The van der Waals surface area contributed by atoms with Crippen LogP contribution in [0.2, 0.25) is 0 Å². The first kappa shape index (κ1) is 15.8. The van der Waals surface area contributed by atoms with Crippen LogP contribution in [0.15, 0.2) is 60.7 Å². The number of nitriles is 1. The topological polar surface area (TPSA) is 44.1 Å². The number of anilines is 1. The average Bonchev–Trinajstić information content (AvgIpc) is 2.57. The van der Waals surface area contributed by atoms with Crippen LogP contribution in [0.25, 0.3) is 0 Å². The van der Waals surface area contributed by atoms with Crippen LogP contribution in [-0.4, -0.2) is 12.5 Å². The molecule has 0 aliphatic carbocycles. The van der Waals surface area contributed by atoms with Crippen LogP contribution in [-0.2, 0) is 10.2 Å². The van der Waals surface area contributed by atoms with Crippen LogP contribution in [0.5, 0.6) is 0 Å². The second-order valence-electron chi connectivity index (χ2n) is 5.69. The van der Waals surface area contributed by atoms with Crippen molar-refractivity contribution in [3.8, 4) is 6.07 Å². The fourth-order valence-electron chi connectivity index (χ4n) is 2.43. The van der Waals surface area contributed by atoms with E-state index in [1.165, 1.54) is 0 Å². The van der Waals surface area contributed by atoms with Gasteiger partial charge in [0.15, 0.2) is 0 Å². The van der Waals surface area contributed by atoms with Crippen molar-refractivity contribution in [2.24, 2.45) is 0 Å². The van der Waals surface area contributed by atoms with Gasteiger partial charge in [-0.1, -0.05) is 48.5 Å². The second-order valence-corrected chi connectivity index (χ2v) is 5.69. The molecule has 0 aliphatic heterocycles. The predicted octanol–water partition coefficient (Wildman–Crippen LogP) is 3.91. The summed E-state index contributed by atoms with van der Waals surface area (Å²) in [6.07, 6.45) is 0.311. The number of carbonyl (C=O) groups is 1. The van der Waals surface area contributed by atoms with Crippen molar-refractivity contribution in [2.75, 3.05) is 11.4 Å². The minimum Gasteiger partial charge on any atom is -0.311 e. The summed E-state index contributed by atoms with van der Waals surface area (Å²) in [5, 5.41) is 8.88. The third kappa shape index (κ3) is 3.35. The predicted molar refractivity (Wildman–Crippen MR) is 88.5 cm³/mol. The van der Waals surface area contributed by atoms with Crippen molar-refractivity contribution in [1.82, 2.24) is 0 Å². The summed E-state index contributed by atoms with van der Waals surface area (Å²) >= 11 is 0. The highest BCUT2D eigenvalue weighted by Crippen LogP contribution is 2.28. The van der Waals surface area contributed by atoms with E-state index in [0.717, 1.165) is 11.3 Å². The van der Waals surface area contributed by atoms with Crippen LogP contribution >= 0.6 is 0 Å². The molecule has 0 bridgehead atoms. The van der Waals surface area contributed by atoms with Crippen molar-refractivity contribution in [1.29, 1.82) is 5.26 Å². The Bertz CT molecular complexity index is 657. The lowest BCUT2D eigenvalue weighted by atomic mass is 9.83. The van der Waals surface area contributed by atoms with E-state index in [2.05, 4.69) is 6.07 Å². The number of amides is 1. The second kappa shape index (κ2) is 6.91. The van der Waals surface area contributed by atoms with E-state index < -0.39 is 5.41 Å². The van der Waals surface area contributed by atoms with E-state index in [-0.39, 0.29) is 5.91 Å². The van der Waals surface area contributed by atoms with Crippen LogP contribution in [0.3, 0.4) is 0 Å². The van der Waals surface area contributed by atoms with Gasteiger partial charge in [-0.3, -0.25) is 4.79 Å². The zero-order valence-electron chi connectivity index (χ0n) is 13.0. The fourth-order valence-corrected chi connectivity index (χ4v) is 2.43. The lowest BCUT2D eigenvalue weighted by Gasteiger charge is -2.32. The molecule has 0 atom stereocenters. The van der Waals surface area contributed by atoms with E-state index in [4.69, 9.17) is 5.26 Å². The molecule has 0 radical (unpaired) electrons. The van der Waals surface area contributed by atoms with Gasteiger partial charge in [-0.25, -0.2) is 0 Å². The molecule has 0 spiro atoms. The Hall–Kier alpha value is -2.60. The van der Waals surface area contributed by atoms with Crippen LogP contribution in [0.1, 0.15) is 25.8 Å². The van der Waals surface area contributed by atoms with E-state index in [0.29, 0.717) is 13.0 Å². The molecule has 2 aromatic rings. The van der Waals surface area contributed by atoms with Gasteiger partial charge < -0.3 is 4.90 Å². The van der Waals surface area contributed by atoms with Crippen molar-refractivity contribution in [3.63, 3.8) is 0 Å². The summed E-state index contributed by atoms with van der Waals surface area (Å²) in [6, 6.07) is 21.4. The summed E-state index contributed by atoms with van der Waals surface area (Å²) in [5.41, 5.74) is 1.15. The molecule has 1 amide bonds. The maximum Gasteiger partial charge on any atom is 0.237 e. The first-order valence-electron chi connectivity index (χ1n) is 7.37. The van der Waals surface area contributed by atoms with Gasteiger partial charge in [0.25, 0.3) is 0 Å². The number of hydrogen-bond acceptors (Lipinski definition) is 2. The average molecular weight is 292 g/mol. The van der Waals surface area contributed by atoms with Gasteiger partial charge in [0, 0.05) is 12.2 Å². The zero-order chi connectivity index (χ0) is 16.0. The Kier molecular flexibility index (Phi) is 4.95. The highest BCUT2D eigenvalue weighted by atomic mass is 16.2. The van der Waals surface area contributed by atoms with E-state index >= 15 is 0 Å². The molecule has 0 aromatic heterocycles. The molecule has 3 heteroatoms. The Morgan fingerprint density at radius 1 is 1.05 bits per heavy atom. The molecule has 0 saturated heterocycles. The zero-order valence-corrected chi connectivity index (χ0v) is 13.0. The molecule has 22 heavy (non-hydrogen) atoms. The highest BCUT2D eigenvalue weighted by molar-refractivity contribution is 6.00. The molecule has 0 fully saturated rings. The number of para-hydroxylation sites is 1. The van der Waals surface area contributed by atoms with Crippen molar-refractivity contribution < 1.29 is 4.79 Å².